The highest BCUT2D eigenvalue weighted by molar-refractivity contribution is 5.68. The molecule has 0 radical (unpaired) electrons. The van der Waals surface area contributed by atoms with Crippen molar-refractivity contribution >= 4 is 11.9 Å². The highest BCUT2D eigenvalue weighted by Gasteiger charge is 2.29. The van der Waals surface area contributed by atoms with Gasteiger partial charge in [-0.25, -0.2) is 4.79 Å². The molecule has 0 N–H and O–H groups in total. The predicted molar refractivity (Wildman–Crippen MR) is 115 cm³/mol. The number of aromatic nitrogens is 2. The first-order chi connectivity index (χ1) is 15.2. The Morgan fingerprint density at radius 3 is 2.88 bits per heavy atom. The first-order valence-corrected chi connectivity index (χ1v) is 10.8. The molecular weight excluding hydrogens is 416 g/mol. The van der Waals surface area contributed by atoms with Crippen molar-refractivity contribution in [3.63, 3.8) is 0 Å². The van der Waals surface area contributed by atoms with Crippen LogP contribution < -0.4 is 9.47 Å². The predicted octanol–water partition coefficient (Wildman–Crippen LogP) is 3.70. The van der Waals surface area contributed by atoms with Gasteiger partial charge in [0.25, 0.3) is 0 Å². The monoisotopic (exact) mass is 444 g/mol. The van der Waals surface area contributed by atoms with Gasteiger partial charge in [0.05, 0.1) is 0 Å². The summed E-state index contributed by atoms with van der Waals surface area (Å²) in [7, 11) is 0. The molecule has 4 rings (SSSR count). The minimum Gasteiger partial charge on any atom is -0.490 e. The van der Waals surface area contributed by atoms with Crippen molar-refractivity contribution in [3.8, 4) is 11.8 Å². The maximum atomic E-state index is 12.5. The molecular formula is C22H28N4O6. The summed E-state index contributed by atoms with van der Waals surface area (Å²) in [4.78, 5) is 28.5. The fourth-order valence-electron chi connectivity index (χ4n) is 3.83. The van der Waals surface area contributed by atoms with Gasteiger partial charge in [0.15, 0.2) is 0 Å². The van der Waals surface area contributed by atoms with E-state index < -0.39 is 10.5 Å². The summed E-state index contributed by atoms with van der Waals surface area (Å²) < 4.78 is 18.9. The molecule has 1 aromatic heterocycles. The maximum absolute atomic E-state index is 12.5. The molecule has 0 aliphatic carbocycles. The van der Waals surface area contributed by atoms with Crippen molar-refractivity contribution in [1.82, 2.24) is 14.5 Å². The highest BCUT2D eigenvalue weighted by Crippen LogP contribution is 2.27. The standard InChI is InChI=1S/C22H28N4O6/c1-22(2,3)32-21(27)25-9-4-5-15-11-17(7-6-16(15)12-25)30-14-18-8-10-24-13-19(26(28)29)23-20(24)31-18/h6-7,11,13,18H,4-5,8-10,12,14H2,1-3H3/t18-/m0/s1. The van der Waals surface area contributed by atoms with Gasteiger partial charge in [-0.15, -0.1) is 0 Å². The third-order valence-corrected chi connectivity index (χ3v) is 5.38. The van der Waals surface area contributed by atoms with Crippen LogP contribution in [0.15, 0.2) is 24.4 Å². The van der Waals surface area contributed by atoms with Gasteiger partial charge >= 0.3 is 17.9 Å². The Morgan fingerprint density at radius 1 is 1.31 bits per heavy atom. The number of rotatable bonds is 4. The van der Waals surface area contributed by atoms with Crippen molar-refractivity contribution in [2.75, 3.05) is 13.2 Å². The molecule has 0 saturated heterocycles. The van der Waals surface area contributed by atoms with Crippen LogP contribution in [0.5, 0.6) is 11.8 Å². The normalized spacial score (nSPS) is 18.1. The largest absolute Gasteiger partial charge is 0.490 e. The van der Waals surface area contributed by atoms with E-state index in [-0.39, 0.29) is 24.0 Å². The van der Waals surface area contributed by atoms with Crippen LogP contribution in [0.25, 0.3) is 0 Å². The number of carbonyl (C=O) groups is 1. The van der Waals surface area contributed by atoms with Crippen LogP contribution in [0.4, 0.5) is 10.6 Å². The van der Waals surface area contributed by atoms with Gasteiger partial charge in [0.2, 0.25) is 0 Å². The quantitative estimate of drug-likeness (QED) is 0.522. The fourth-order valence-corrected chi connectivity index (χ4v) is 3.83. The van der Waals surface area contributed by atoms with Gasteiger partial charge in [-0.05, 0) is 61.8 Å². The van der Waals surface area contributed by atoms with Crippen LogP contribution in [0.3, 0.4) is 0 Å². The number of benzene rings is 1. The minimum absolute atomic E-state index is 0.215. The maximum Gasteiger partial charge on any atom is 0.414 e. The summed E-state index contributed by atoms with van der Waals surface area (Å²) in [6.07, 6.45) is 3.25. The zero-order chi connectivity index (χ0) is 22.9. The van der Waals surface area contributed by atoms with Crippen molar-refractivity contribution < 1.29 is 23.9 Å². The highest BCUT2D eigenvalue weighted by atomic mass is 16.6. The number of hydrogen-bond acceptors (Lipinski definition) is 7. The van der Waals surface area contributed by atoms with Gasteiger partial charge in [-0.3, -0.25) is 4.57 Å². The minimum atomic E-state index is -0.528. The van der Waals surface area contributed by atoms with E-state index in [1.54, 1.807) is 9.47 Å². The third kappa shape index (κ3) is 5.12. The molecule has 2 aliphatic rings. The van der Waals surface area contributed by atoms with Crippen LogP contribution in [-0.4, -0.2) is 50.3 Å². The van der Waals surface area contributed by atoms with Gasteiger partial charge in [0, 0.05) is 31.0 Å². The zero-order valence-electron chi connectivity index (χ0n) is 18.6. The van der Waals surface area contributed by atoms with E-state index in [9.17, 15) is 14.9 Å². The number of hydrogen-bond donors (Lipinski definition) is 0. The molecule has 0 fully saturated rings. The lowest BCUT2D eigenvalue weighted by Crippen LogP contribution is -2.36. The first kappa shape index (κ1) is 21.9. The van der Waals surface area contributed by atoms with Crippen molar-refractivity contribution in [2.24, 2.45) is 0 Å². The second-order valence-corrected chi connectivity index (χ2v) is 9.11. The summed E-state index contributed by atoms with van der Waals surface area (Å²) >= 11 is 0. The molecule has 3 heterocycles. The van der Waals surface area contributed by atoms with Crippen LogP contribution >= 0.6 is 0 Å². The van der Waals surface area contributed by atoms with Crippen LogP contribution in [0.2, 0.25) is 0 Å². The SMILES string of the molecule is CC(C)(C)OC(=O)N1CCCc2cc(OC[C@@H]3CCn4cc([N+](=O)[O-])nc4O3)ccc2C1. The number of amides is 1. The third-order valence-electron chi connectivity index (χ3n) is 5.38. The lowest BCUT2D eigenvalue weighted by Gasteiger charge is -2.26. The zero-order valence-corrected chi connectivity index (χ0v) is 18.6. The number of nitrogens with zero attached hydrogens (tertiary/aromatic N) is 4. The molecule has 10 heteroatoms. The Morgan fingerprint density at radius 2 is 2.12 bits per heavy atom. The molecule has 10 nitrogen and oxygen atoms in total. The summed E-state index contributed by atoms with van der Waals surface area (Å²) in [5, 5.41) is 10.9. The molecule has 0 saturated carbocycles. The van der Waals surface area contributed by atoms with E-state index >= 15 is 0 Å². The molecule has 0 spiro atoms. The van der Waals surface area contributed by atoms with E-state index in [2.05, 4.69) is 4.98 Å². The molecule has 2 aromatic rings. The number of ether oxygens (including phenoxy) is 3. The Labute approximate surface area is 186 Å². The molecule has 172 valence electrons. The van der Waals surface area contributed by atoms with Crippen molar-refractivity contribution in [2.45, 2.75) is 64.8 Å². The molecule has 0 unspecified atom stereocenters. The summed E-state index contributed by atoms with van der Waals surface area (Å²) in [5.41, 5.74) is 1.72. The van der Waals surface area contributed by atoms with E-state index in [0.29, 0.717) is 32.7 Å². The van der Waals surface area contributed by atoms with Crippen LogP contribution in [0.1, 0.15) is 44.7 Å². The lowest BCUT2D eigenvalue weighted by molar-refractivity contribution is -0.389. The van der Waals surface area contributed by atoms with Gasteiger partial charge in [0.1, 0.15) is 30.3 Å². The average Bonchev–Trinajstić information content (AvgIpc) is 3.03. The van der Waals surface area contributed by atoms with Gasteiger partial charge in [-0.2, -0.15) is 0 Å². The van der Waals surface area contributed by atoms with Crippen molar-refractivity contribution in [3.05, 3.63) is 45.6 Å². The van der Waals surface area contributed by atoms with E-state index in [0.717, 1.165) is 29.7 Å². The molecule has 1 amide bonds. The topological polar surface area (TPSA) is 109 Å². The van der Waals surface area contributed by atoms with Gasteiger partial charge in [-0.1, -0.05) is 6.07 Å². The van der Waals surface area contributed by atoms with Crippen molar-refractivity contribution in [1.29, 1.82) is 0 Å². The molecule has 0 bridgehead atoms. The Hall–Kier alpha value is -3.30. The number of nitro groups is 1. The molecule has 1 atom stereocenters. The summed E-state index contributed by atoms with van der Waals surface area (Å²) in [6, 6.07) is 6.15. The molecule has 32 heavy (non-hydrogen) atoms. The second kappa shape index (κ2) is 8.68. The number of fused-ring (bicyclic) bond motifs is 2. The van der Waals surface area contributed by atoms with E-state index in [1.807, 2.05) is 39.0 Å². The number of imidazole rings is 1. The van der Waals surface area contributed by atoms with E-state index in [4.69, 9.17) is 14.2 Å². The van der Waals surface area contributed by atoms with Crippen LogP contribution in [-0.2, 0) is 24.2 Å². The average molecular weight is 444 g/mol. The molecule has 1 aromatic carbocycles. The Kier molecular flexibility index (Phi) is 5.94. The van der Waals surface area contributed by atoms with E-state index in [1.165, 1.54) is 6.20 Å². The second-order valence-electron chi connectivity index (χ2n) is 9.11. The Bertz CT molecular complexity index is 1010. The summed E-state index contributed by atoms with van der Waals surface area (Å²) in [6.45, 7) is 7.67. The number of aryl methyl sites for hydroxylation is 2. The lowest BCUT2D eigenvalue weighted by atomic mass is 10.0. The van der Waals surface area contributed by atoms with Gasteiger partial charge < -0.3 is 29.2 Å². The molecule has 2 aliphatic heterocycles. The Balaban J connectivity index is 1.36. The smallest absolute Gasteiger partial charge is 0.414 e. The fraction of sp³-hybridized carbons (Fsp3) is 0.545. The van der Waals surface area contributed by atoms with Crippen LogP contribution in [0, 0.1) is 10.1 Å². The number of carbonyl (C=O) groups excluding carboxylic acids is 1. The first-order valence-electron chi connectivity index (χ1n) is 10.8. The summed E-state index contributed by atoms with van der Waals surface area (Å²) in [5.74, 6) is 0.519.